The lowest BCUT2D eigenvalue weighted by atomic mass is 10.2. The van der Waals surface area contributed by atoms with Crippen LogP contribution in [0.5, 0.6) is 11.5 Å². The van der Waals surface area contributed by atoms with Crippen LogP contribution in [0.1, 0.15) is 17.0 Å². The highest BCUT2D eigenvalue weighted by molar-refractivity contribution is 9.10. The summed E-state index contributed by atoms with van der Waals surface area (Å²) in [6.07, 6.45) is 3.21. The second-order valence-electron chi connectivity index (χ2n) is 5.29. The molecule has 0 spiro atoms. The Morgan fingerprint density at radius 1 is 1.12 bits per heavy atom. The summed E-state index contributed by atoms with van der Waals surface area (Å²) in [4.78, 5) is 0. The molecule has 0 aliphatic carbocycles. The van der Waals surface area contributed by atoms with E-state index in [0.29, 0.717) is 17.4 Å². The largest absolute Gasteiger partial charge is 0.493 e. The van der Waals surface area contributed by atoms with Crippen molar-refractivity contribution in [2.24, 2.45) is 5.10 Å². The Morgan fingerprint density at radius 2 is 1.84 bits per heavy atom. The van der Waals surface area contributed by atoms with E-state index in [1.54, 1.807) is 29.8 Å². The fourth-order valence-corrected chi connectivity index (χ4v) is 2.79. The van der Waals surface area contributed by atoms with Crippen molar-refractivity contribution in [3.05, 3.63) is 46.0 Å². The number of ether oxygens (including phenoxy) is 2. The normalized spacial score (nSPS) is 11.2. The van der Waals surface area contributed by atoms with Crippen molar-refractivity contribution in [2.75, 3.05) is 14.2 Å². The van der Waals surface area contributed by atoms with Gasteiger partial charge in [0.05, 0.1) is 26.1 Å². The lowest BCUT2D eigenvalue weighted by Crippen LogP contribution is -2.06. The molecule has 0 atom stereocenters. The third-order valence-corrected chi connectivity index (χ3v) is 4.22. The topological polar surface area (TPSA) is 79.4 Å². The third kappa shape index (κ3) is 3.41. The van der Waals surface area contributed by atoms with Crippen LogP contribution in [0.2, 0.25) is 0 Å². The van der Waals surface area contributed by atoms with Gasteiger partial charge in [-0.1, -0.05) is 0 Å². The fourth-order valence-electron chi connectivity index (χ4n) is 2.37. The number of benzene rings is 1. The maximum atomic E-state index is 5.33. The van der Waals surface area contributed by atoms with Crippen LogP contribution in [0.4, 0.5) is 0 Å². The molecular weight excluding hydrogens is 388 g/mol. The van der Waals surface area contributed by atoms with Gasteiger partial charge >= 0.3 is 0 Å². The first kappa shape index (κ1) is 17.2. The number of methoxy groups -OCH3 is 2. The molecule has 0 amide bonds. The number of hydrogen-bond acceptors (Lipinski definition) is 6. The lowest BCUT2D eigenvalue weighted by molar-refractivity contribution is 0.354. The van der Waals surface area contributed by atoms with E-state index in [1.165, 1.54) is 6.33 Å². The van der Waals surface area contributed by atoms with Crippen LogP contribution < -0.4 is 9.47 Å². The van der Waals surface area contributed by atoms with Crippen molar-refractivity contribution in [3.63, 3.8) is 0 Å². The van der Waals surface area contributed by atoms with E-state index in [2.05, 4.69) is 36.3 Å². The Bertz CT molecular complexity index is 931. The summed E-state index contributed by atoms with van der Waals surface area (Å²) >= 11 is 3.51. The smallest absolute Gasteiger partial charge is 0.273 e. The van der Waals surface area contributed by atoms with Crippen molar-refractivity contribution in [1.82, 2.24) is 24.7 Å². The van der Waals surface area contributed by atoms with Crippen molar-refractivity contribution >= 4 is 22.1 Å². The minimum atomic E-state index is 0.512. The van der Waals surface area contributed by atoms with Gasteiger partial charge in [0.2, 0.25) is 0 Å². The molecule has 130 valence electrons. The molecule has 8 nitrogen and oxygen atoms in total. The Morgan fingerprint density at radius 3 is 2.48 bits per heavy atom. The van der Waals surface area contributed by atoms with Crippen molar-refractivity contribution in [1.29, 1.82) is 0 Å². The summed E-state index contributed by atoms with van der Waals surface area (Å²) in [5, 5.41) is 16.9. The van der Waals surface area contributed by atoms with E-state index in [9.17, 15) is 0 Å². The average molecular weight is 405 g/mol. The van der Waals surface area contributed by atoms with Gasteiger partial charge in [-0.05, 0) is 48.0 Å². The number of aryl methyl sites for hydroxylation is 2. The zero-order valence-corrected chi connectivity index (χ0v) is 15.9. The molecule has 0 saturated heterocycles. The molecule has 0 bridgehead atoms. The molecule has 0 aliphatic heterocycles. The van der Waals surface area contributed by atoms with Crippen LogP contribution in [0.3, 0.4) is 0 Å². The van der Waals surface area contributed by atoms with Crippen LogP contribution in [0, 0.1) is 13.8 Å². The maximum Gasteiger partial charge on any atom is 0.273 e. The molecule has 3 rings (SSSR count). The van der Waals surface area contributed by atoms with Crippen molar-refractivity contribution in [3.8, 4) is 17.4 Å². The first-order valence-corrected chi connectivity index (χ1v) is 8.22. The molecule has 9 heteroatoms. The van der Waals surface area contributed by atoms with Crippen LogP contribution in [0.15, 0.2) is 34.1 Å². The molecule has 2 heterocycles. The van der Waals surface area contributed by atoms with E-state index < -0.39 is 0 Å². The molecule has 25 heavy (non-hydrogen) atoms. The Hall–Kier alpha value is -2.68. The maximum absolute atomic E-state index is 5.33. The van der Waals surface area contributed by atoms with Gasteiger partial charge in [-0.15, -0.1) is 10.2 Å². The van der Waals surface area contributed by atoms with Crippen molar-refractivity contribution in [2.45, 2.75) is 13.8 Å². The standard InChI is InChI=1S/C16H17BrN6O2/c1-10-5-11(2)23(21-10)16-20-18-9-22(16)19-8-12-6-14(24-3)15(25-4)7-13(12)17/h5-9H,1-4H3/b19-8-. The highest BCUT2D eigenvalue weighted by atomic mass is 79.9. The molecule has 1 aromatic carbocycles. The Labute approximate surface area is 153 Å². The molecule has 0 saturated carbocycles. The van der Waals surface area contributed by atoms with Gasteiger partial charge in [0.1, 0.15) is 6.33 Å². The summed E-state index contributed by atoms with van der Waals surface area (Å²) in [6, 6.07) is 5.63. The quantitative estimate of drug-likeness (QED) is 0.610. The second kappa shape index (κ2) is 7.06. The molecule has 0 unspecified atom stereocenters. The summed E-state index contributed by atoms with van der Waals surface area (Å²) < 4.78 is 14.7. The van der Waals surface area contributed by atoms with E-state index in [1.807, 2.05) is 32.0 Å². The SMILES string of the molecule is COc1cc(Br)c(/C=N\n2cnnc2-n2nc(C)cc2C)cc1OC. The van der Waals surface area contributed by atoms with Gasteiger partial charge in [-0.3, -0.25) is 0 Å². The Kier molecular flexibility index (Phi) is 4.84. The minimum absolute atomic E-state index is 0.512. The summed E-state index contributed by atoms with van der Waals surface area (Å²) in [6.45, 7) is 3.88. The van der Waals surface area contributed by atoms with Crippen LogP contribution >= 0.6 is 15.9 Å². The number of nitrogens with zero attached hydrogens (tertiary/aromatic N) is 6. The van der Waals surface area contributed by atoms with Gasteiger partial charge in [-0.25, -0.2) is 4.68 Å². The lowest BCUT2D eigenvalue weighted by Gasteiger charge is -2.09. The third-order valence-electron chi connectivity index (χ3n) is 3.54. The fraction of sp³-hybridized carbons (Fsp3) is 0.250. The summed E-state index contributed by atoms with van der Waals surface area (Å²) in [7, 11) is 3.18. The molecule has 0 radical (unpaired) electrons. The highest BCUT2D eigenvalue weighted by Crippen LogP contribution is 2.32. The zero-order valence-electron chi connectivity index (χ0n) is 14.3. The zero-order chi connectivity index (χ0) is 18.0. The van der Waals surface area contributed by atoms with Gasteiger partial charge < -0.3 is 9.47 Å². The van der Waals surface area contributed by atoms with Crippen LogP contribution in [0.25, 0.3) is 5.95 Å². The van der Waals surface area contributed by atoms with Crippen LogP contribution in [-0.2, 0) is 0 Å². The highest BCUT2D eigenvalue weighted by Gasteiger charge is 2.11. The van der Waals surface area contributed by atoms with Gasteiger partial charge in [0.15, 0.2) is 11.5 Å². The predicted molar refractivity (Wildman–Crippen MR) is 96.9 cm³/mol. The van der Waals surface area contributed by atoms with Gasteiger partial charge in [-0.2, -0.15) is 14.9 Å². The van der Waals surface area contributed by atoms with Crippen molar-refractivity contribution < 1.29 is 9.47 Å². The van der Waals surface area contributed by atoms with Crippen LogP contribution in [-0.4, -0.2) is 45.1 Å². The number of aromatic nitrogens is 5. The van der Waals surface area contributed by atoms with E-state index in [0.717, 1.165) is 21.4 Å². The number of hydrogen-bond donors (Lipinski definition) is 0. The first-order chi connectivity index (χ1) is 12.0. The molecule has 0 aliphatic rings. The van der Waals surface area contributed by atoms with E-state index >= 15 is 0 Å². The van der Waals surface area contributed by atoms with Gasteiger partial charge in [0, 0.05) is 15.7 Å². The average Bonchev–Trinajstić information content (AvgIpc) is 3.18. The molecule has 0 fully saturated rings. The monoisotopic (exact) mass is 404 g/mol. The summed E-state index contributed by atoms with van der Waals surface area (Å²) in [5.41, 5.74) is 2.68. The predicted octanol–water partition coefficient (Wildman–Crippen LogP) is 2.74. The molecule has 3 aromatic rings. The van der Waals surface area contributed by atoms with Gasteiger partial charge in [0.25, 0.3) is 5.95 Å². The van der Waals surface area contributed by atoms with E-state index in [4.69, 9.17) is 9.47 Å². The molecular formula is C16H17BrN6O2. The second-order valence-corrected chi connectivity index (χ2v) is 6.14. The number of rotatable bonds is 5. The molecule has 2 aromatic heterocycles. The van der Waals surface area contributed by atoms with E-state index in [-0.39, 0.29) is 0 Å². The molecule has 0 N–H and O–H groups in total. The Balaban J connectivity index is 1.97. The number of halogens is 1. The minimum Gasteiger partial charge on any atom is -0.493 e. The first-order valence-electron chi connectivity index (χ1n) is 7.43. The summed E-state index contributed by atoms with van der Waals surface area (Å²) in [5.74, 6) is 1.77.